The monoisotopic (exact) mass is 243 g/mol. The molecule has 0 saturated carbocycles. The van der Waals surface area contributed by atoms with Crippen LogP contribution in [0.25, 0.3) is 0 Å². The SMILES string of the molecule is COc1ccc(Br)c(C[C@H](C)N)c1. The summed E-state index contributed by atoms with van der Waals surface area (Å²) < 4.78 is 6.22. The van der Waals surface area contributed by atoms with Gasteiger partial charge in [0.2, 0.25) is 0 Å². The van der Waals surface area contributed by atoms with Crippen LogP contribution in [-0.4, -0.2) is 13.2 Å². The highest BCUT2D eigenvalue weighted by Gasteiger charge is 2.04. The van der Waals surface area contributed by atoms with Gasteiger partial charge in [-0.1, -0.05) is 15.9 Å². The first-order chi connectivity index (χ1) is 6.13. The Hall–Kier alpha value is -0.540. The van der Waals surface area contributed by atoms with Crippen molar-refractivity contribution in [2.45, 2.75) is 19.4 Å². The minimum atomic E-state index is 0.170. The molecule has 72 valence electrons. The van der Waals surface area contributed by atoms with Gasteiger partial charge in [-0.25, -0.2) is 0 Å². The molecule has 1 aromatic rings. The molecule has 0 radical (unpaired) electrons. The molecule has 0 heterocycles. The Labute approximate surface area is 87.2 Å². The number of rotatable bonds is 3. The lowest BCUT2D eigenvalue weighted by Crippen LogP contribution is -2.18. The molecule has 0 aliphatic carbocycles. The van der Waals surface area contributed by atoms with Gasteiger partial charge in [-0.05, 0) is 37.1 Å². The molecule has 0 aromatic heterocycles. The number of benzene rings is 1. The van der Waals surface area contributed by atoms with Crippen LogP contribution in [0.2, 0.25) is 0 Å². The molecule has 0 spiro atoms. The van der Waals surface area contributed by atoms with Crippen LogP contribution in [0.4, 0.5) is 0 Å². The third kappa shape index (κ3) is 3.01. The molecule has 0 fully saturated rings. The van der Waals surface area contributed by atoms with E-state index in [4.69, 9.17) is 10.5 Å². The van der Waals surface area contributed by atoms with Crippen molar-refractivity contribution in [3.63, 3.8) is 0 Å². The summed E-state index contributed by atoms with van der Waals surface area (Å²) in [6.45, 7) is 1.99. The van der Waals surface area contributed by atoms with Gasteiger partial charge < -0.3 is 10.5 Å². The highest BCUT2D eigenvalue weighted by atomic mass is 79.9. The average Bonchev–Trinajstić information content (AvgIpc) is 2.08. The van der Waals surface area contributed by atoms with Crippen molar-refractivity contribution in [2.24, 2.45) is 5.73 Å². The Morgan fingerprint density at radius 3 is 2.77 bits per heavy atom. The first-order valence-corrected chi connectivity index (χ1v) is 5.00. The maximum atomic E-state index is 5.72. The second-order valence-electron chi connectivity index (χ2n) is 3.14. The van der Waals surface area contributed by atoms with Crippen LogP contribution in [0, 0.1) is 0 Å². The Morgan fingerprint density at radius 2 is 2.23 bits per heavy atom. The minimum Gasteiger partial charge on any atom is -0.497 e. The Bertz CT molecular complexity index is 286. The molecule has 0 saturated heterocycles. The predicted octanol–water partition coefficient (Wildman–Crippen LogP) is 2.35. The summed E-state index contributed by atoms with van der Waals surface area (Å²) in [4.78, 5) is 0. The minimum absolute atomic E-state index is 0.170. The Kier molecular flexibility index (Phi) is 3.75. The Morgan fingerprint density at radius 1 is 1.54 bits per heavy atom. The number of hydrogen-bond donors (Lipinski definition) is 1. The summed E-state index contributed by atoms with van der Waals surface area (Å²) in [5.41, 5.74) is 6.91. The number of halogens is 1. The lowest BCUT2D eigenvalue weighted by molar-refractivity contribution is 0.414. The molecule has 1 atom stereocenters. The molecular weight excluding hydrogens is 230 g/mol. The van der Waals surface area contributed by atoms with E-state index in [1.165, 1.54) is 5.56 Å². The zero-order chi connectivity index (χ0) is 9.84. The van der Waals surface area contributed by atoms with Crippen LogP contribution >= 0.6 is 15.9 Å². The van der Waals surface area contributed by atoms with Crippen LogP contribution < -0.4 is 10.5 Å². The number of methoxy groups -OCH3 is 1. The lowest BCUT2D eigenvalue weighted by atomic mass is 10.1. The molecule has 2 N–H and O–H groups in total. The van der Waals surface area contributed by atoms with Crippen molar-refractivity contribution in [1.82, 2.24) is 0 Å². The molecule has 3 heteroatoms. The van der Waals surface area contributed by atoms with Gasteiger partial charge in [-0.2, -0.15) is 0 Å². The van der Waals surface area contributed by atoms with Crippen molar-refractivity contribution < 1.29 is 4.74 Å². The fourth-order valence-corrected chi connectivity index (χ4v) is 1.59. The first-order valence-electron chi connectivity index (χ1n) is 4.21. The second-order valence-corrected chi connectivity index (χ2v) is 3.99. The maximum absolute atomic E-state index is 5.72. The molecule has 13 heavy (non-hydrogen) atoms. The smallest absolute Gasteiger partial charge is 0.119 e. The van der Waals surface area contributed by atoms with Gasteiger partial charge in [0.25, 0.3) is 0 Å². The first kappa shape index (κ1) is 10.5. The second kappa shape index (κ2) is 4.63. The lowest BCUT2D eigenvalue weighted by Gasteiger charge is -2.09. The summed E-state index contributed by atoms with van der Waals surface area (Å²) in [5, 5.41) is 0. The zero-order valence-corrected chi connectivity index (χ0v) is 9.47. The largest absolute Gasteiger partial charge is 0.497 e. The van der Waals surface area contributed by atoms with Crippen molar-refractivity contribution in [2.75, 3.05) is 7.11 Å². The zero-order valence-electron chi connectivity index (χ0n) is 7.88. The molecule has 0 unspecified atom stereocenters. The summed E-state index contributed by atoms with van der Waals surface area (Å²) in [6.07, 6.45) is 0.859. The van der Waals surface area contributed by atoms with E-state index in [2.05, 4.69) is 15.9 Å². The van der Waals surface area contributed by atoms with Crippen LogP contribution in [0.5, 0.6) is 5.75 Å². The number of hydrogen-bond acceptors (Lipinski definition) is 2. The molecule has 1 aromatic carbocycles. The van der Waals surface area contributed by atoms with Crippen LogP contribution in [0.15, 0.2) is 22.7 Å². The fourth-order valence-electron chi connectivity index (χ4n) is 1.18. The van der Waals surface area contributed by atoms with Gasteiger partial charge >= 0.3 is 0 Å². The van der Waals surface area contributed by atoms with E-state index in [1.54, 1.807) is 7.11 Å². The molecule has 2 nitrogen and oxygen atoms in total. The summed E-state index contributed by atoms with van der Waals surface area (Å²) in [5.74, 6) is 0.874. The molecule has 0 aliphatic rings. The van der Waals surface area contributed by atoms with Crippen molar-refractivity contribution in [3.05, 3.63) is 28.2 Å². The van der Waals surface area contributed by atoms with Crippen molar-refractivity contribution in [1.29, 1.82) is 0 Å². The van der Waals surface area contributed by atoms with E-state index in [1.807, 2.05) is 25.1 Å². The number of ether oxygens (including phenoxy) is 1. The summed E-state index contributed by atoms with van der Waals surface area (Å²) >= 11 is 3.48. The summed E-state index contributed by atoms with van der Waals surface area (Å²) in [7, 11) is 1.67. The van der Waals surface area contributed by atoms with Crippen LogP contribution in [-0.2, 0) is 6.42 Å². The Balaban J connectivity index is 2.90. The topological polar surface area (TPSA) is 35.2 Å². The third-order valence-corrected chi connectivity index (χ3v) is 2.57. The van der Waals surface area contributed by atoms with Gasteiger partial charge in [-0.15, -0.1) is 0 Å². The predicted molar refractivity (Wildman–Crippen MR) is 58.0 cm³/mol. The molecule has 0 aliphatic heterocycles. The van der Waals surface area contributed by atoms with Crippen molar-refractivity contribution >= 4 is 15.9 Å². The van der Waals surface area contributed by atoms with E-state index in [-0.39, 0.29) is 6.04 Å². The van der Waals surface area contributed by atoms with Gasteiger partial charge in [-0.3, -0.25) is 0 Å². The van der Waals surface area contributed by atoms with Gasteiger partial charge in [0.05, 0.1) is 7.11 Å². The van der Waals surface area contributed by atoms with Crippen molar-refractivity contribution in [3.8, 4) is 5.75 Å². The quantitative estimate of drug-likeness (QED) is 0.885. The normalized spacial score (nSPS) is 12.6. The molecule has 0 amide bonds. The highest BCUT2D eigenvalue weighted by Crippen LogP contribution is 2.23. The summed E-state index contributed by atoms with van der Waals surface area (Å²) in [6, 6.07) is 6.09. The van der Waals surface area contributed by atoms with E-state index < -0.39 is 0 Å². The third-order valence-electron chi connectivity index (χ3n) is 1.79. The highest BCUT2D eigenvalue weighted by molar-refractivity contribution is 9.10. The van der Waals surface area contributed by atoms with E-state index in [9.17, 15) is 0 Å². The molecular formula is C10H14BrNO. The number of nitrogens with two attached hydrogens (primary N) is 1. The van der Waals surface area contributed by atoms with E-state index in [0.29, 0.717) is 0 Å². The van der Waals surface area contributed by atoms with E-state index in [0.717, 1.165) is 16.6 Å². The van der Waals surface area contributed by atoms with Gasteiger partial charge in [0.1, 0.15) is 5.75 Å². The molecule has 1 rings (SSSR count). The van der Waals surface area contributed by atoms with Crippen LogP contribution in [0.1, 0.15) is 12.5 Å². The fraction of sp³-hybridized carbons (Fsp3) is 0.400. The van der Waals surface area contributed by atoms with Crippen LogP contribution in [0.3, 0.4) is 0 Å². The molecule has 0 bridgehead atoms. The van der Waals surface area contributed by atoms with E-state index >= 15 is 0 Å². The standard InChI is InChI=1S/C10H14BrNO/c1-7(12)5-8-6-9(13-2)3-4-10(8)11/h3-4,6-7H,5,12H2,1-2H3/t7-/m0/s1. The maximum Gasteiger partial charge on any atom is 0.119 e. The average molecular weight is 244 g/mol. The van der Waals surface area contributed by atoms with Gasteiger partial charge in [0, 0.05) is 10.5 Å². The van der Waals surface area contributed by atoms with Gasteiger partial charge in [0.15, 0.2) is 0 Å².